The van der Waals surface area contributed by atoms with Crippen molar-refractivity contribution in [3.05, 3.63) is 36.2 Å². The van der Waals surface area contributed by atoms with Crippen LogP contribution in [0.1, 0.15) is 20.8 Å². The molecule has 0 radical (unpaired) electrons. The Morgan fingerprint density at radius 2 is 1.94 bits per heavy atom. The van der Waals surface area contributed by atoms with Gasteiger partial charge in [-0.3, -0.25) is 0 Å². The van der Waals surface area contributed by atoms with Crippen LogP contribution in [0.25, 0.3) is 0 Å². The molecule has 0 saturated carbocycles. The van der Waals surface area contributed by atoms with E-state index in [0.717, 1.165) is 5.70 Å². The van der Waals surface area contributed by atoms with E-state index >= 15 is 0 Å². The molecule has 0 fully saturated rings. The number of aliphatic hydroxyl groups excluding tert-OH is 2. The molecule has 5 nitrogen and oxygen atoms in total. The predicted molar refractivity (Wildman–Crippen MR) is 75.4 cm³/mol. The number of nitrogens with two attached hydrogens (primary N) is 1. The first-order valence-corrected chi connectivity index (χ1v) is 5.65. The fourth-order valence-corrected chi connectivity index (χ4v) is 0.712. The van der Waals surface area contributed by atoms with Gasteiger partial charge in [0.05, 0.1) is 12.7 Å². The lowest BCUT2D eigenvalue weighted by atomic mass is 10.3. The Morgan fingerprint density at radius 1 is 1.44 bits per heavy atom. The van der Waals surface area contributed by atoms with Gasteiger partial charge in [-0.2, -0.15) is 5.26 Å². The van der Waals surface area contributed by atoms with Crippen LogP contribution in [0.2, 0.25) is 0 Å². The minimum atomic E-state index is 0.126. The van der Waals surface area contributed by atoms with Crippen molar-refractivity contribution >= 4 is 0 Å². The first-order chi connectivity index (χ1) is 8.67. The van der Waals surface area contributed by atoms with Gasteiger partial charge in [0.2, 0.25) is 0 Å². The number of hydrogen-bond acceptors (Lipinski definition) is 5. The van der Waals surface area contributed by atoms with Gasteiger partial charge in [0, 0.05) is 25.8 Å². The van der Waals surface area contributed by atoms with Crippen molar-refractivity contribution in [2.75, 3.05) is 19.8 Å². The van der Waals surface area contributed by atoms with Gasteiger partial charge in [0.15, 0.2) is 0 Å². The third-order valence-electron chi connectivity index (χ3n) is 1.17. The summed E-state index contributed by atoms with van der Waals surface area (Å²) in [6, 6.07) is 1.75. The van der Waals surface area contributed by atoms with E-state index in [2.05, 4.69) is 5.32 Å². The summed E-state index contributed by atoms with van der Waals surface area (Å²) in [7, 11) is 0. The van der Waals surface area contributed by atoms with Gasteiger partial charge in [-0.05, 0) is 38.3 Å². The average molecular weight is 255 g/mol. The van der Waals surface area contributed by atoms with Crippen LogP contribution in [-0.4, -0.2) is 30.0 Å². The van der Waals surface area contributed by atoms with Crippen molar-refractivity contribution in [1.29, 1.82) is 5.26 Å². The van der Waals surface area contributed by atoms with E-state index in [1.807, 2.05) is 25.2 Å². The summed E-state index contributed by atoms with van der Waals surface area (Å²) in [5.74, 6) is 0. The molecular formula is C13H25N3O2. The molecule has 0 aromatic heterocycles. The molecule has 0 saturated heterocycles. The van der Waals surface area contributed by atoms with Crippen molar-refractivity contribution in [3.8, 4) is 6.07 Å². The minimum absolute atomic E-state index is 0.126. The van der Waals surface area contributed by atoms with Gasteiger partial charge in [0.1, 0.15) is 0 Å². The lowest BCUT2D eigenvalue weighted by Crippen LogP contribution is -2.16. The standard InChI is InChI=1S/C9H16N2O.C2H3N.C2H6O/c1-2-4-9(5-3-6-10)11-7-8-12;2*1-2-3/h2-6,11-12H,7-8,10H2,1H3;1H3;3H,2H2,1H3/b4-2-,6-3+,9-5+;;. The molecule has 0 spiro atoms. The van der Waals surface area contributed by atoms with E-state index in [-0.39, 0.29) is 13.2 Å². The van der Waals surface area contributed by atoms with E-state index in [1.165, 1.54) is 13.1 Å². The maximum Gasteiger partial charge on any atom is 0.0604 e. The lowest BCUT2D eigenvalue weighted by molar-refractivity contribution is 0.297. The minimum Gasteiger partial charge on any atom is -0.405 e. The molecule has 0 aliphatic carbocycles. The summed E-state index contributed by atoms with van der Waals surface area (Å²) in [6.45, 7) is 5.97. The number of rotatable bonds is 5. The normalized spacial score (nSPS) is 10.1. The monoisotopic (exact) mass is 255 g/mol. The number of nitriles is 1. The molecule has 0 aromatic rings. The zero-order valence-corrected chi connectivity index (χ0v) is 11.4. The molecule has 0 atom stereocenters. The Balaban J connectivity index is -0.000000315. The van der Waals surface area contributed by atoms with Crippen LogP contribution in [0.15, 0.2) is 36.2 Å². The van der Waals surface area contributed by atoms with E-state index < -0.39 is 0 Å². The second-order valence-corrected chi connectivity index (χ2v) is 2.70. The van der Waals surface area contributed by atoms with Crippen molar-refractivity contribution < 1.29 is 10.2 Å². The average Bonchev–Trinajstić information content (AvgIpc) is 2.35. The molecular weight excluding hydrogens is 230 g/mol. The quantitative estimate of drug-likeness (QED) is 0.549. The van der Waals surface area contributed by atoms with Crippen LogP contribution in [0.3, 0.4) is 0 Å². The topological polar surface area (TPSA) is 102 Å². The second kappa shape index (κ2) is 24.5. The molecule has 0 bridgehead atoms. The van der Waals surface area contributed by atoms with Crippen LogP contribution < -0.4 is 11.1 Å². The summed E-state index contributed by atoms with van der Waals surface area (Å²) in [5, 5.41) is 26.5. The Labute approximate surface area is 110 Å². The third-order valence-corrected chi connectivity index (χ3v) is 1.17. The number of allylic oxidation sites excluding steroid dienone is 4. The highest BCUT2D eigenvalue weighted by atomic mass is 16.3. The highest BCUT2D eigenvalue weighted by Crippen LogP contribution is 1.91. The van der Waals surface area contributed by atoms with Crippen molar-refractivity contribution in [1.82, 2.24) is 5.32 Å². The van der Waals surface area contributed by atoms with E-state index in [9.17, 15) is 0 Å². The zero-order valence-electron chi connectivity index (χ0n) is 11.4. The largest absolute Gasteiger partial charge is 0.405 e. The fraction of sp³-hybridized carbons (Fsp3) is 0.462. The summed E-state index contributed by atoms with van der Waals surface area (Å²) in [6.07, 6.45) is 8.87. The number of aliphatic hydroxyl groups is 2. The fourth-order valence-electron chi connectivity index (χ4n) is 0.712. The summed E-state index contributed by atoms with van der Waals surface area (Å²) >= 11 is 0. The number of hydrogen-bond donors (Lipinski definition) is 4. The van der Waals surface area contributed by atoms with Crippen molar-refractivity contribution in [2.24, 2.45) is 5.73 Å². The van der Waals surface area contributed by atoms with Crippen molar-refractivity contribution in [3.63, 3.8) is 0 Å². The van der Waals surface area contributed by atoms with E-state index in [0.29, 0.717) is 6.54 Å². The third kappa shape index (κ3) is 29.2. The molecule has 0 aliphatic rings. The molecule has 0 heterocycles. The predicted octanol–water partition coefficient (Wildman–Crippen LogP) is 1.03. The highest BCUT2D eigenvalue weighted by Gasteiger charge is 1.86. The van der Waals surface area contributed by atoms with Crippen LogP contribution in [0.4, 0.5) is 0 Å². The molecule has 0 aromatic carbocycles. The van der Waals surface area contributed by atoms with Gasteiger partial charge >= 0.3 is 0 Å². The Hall–Kier alpha value is -1.77. The Morgan fingerprint density at radius 3 is 2.28 bits per heavy atom. The van der Waals surface area contributed by atoms with Gasteiger partial charge in [-0.25, -0.2) is 0 Å². The van der Waals surface area contributed by atoms with E-state index in [4.69, 9.17) is 21.2 Å². The van der Waals surface area contributed by atoms with Crippen LogP contribution in [0.5, 0.6) is 0 Å². The van der Waals surface area contributed by atoms with Gasteiger partial charge < -0.3 is 21.3 Å². The smallest absolute Gasteiger partial charge is 0.0604 e. The molecule has 18 heavy (non-hydrogen) atoms. The molecule has 0 unspecified atom stereocenters. The molecule has 0 rings (SSSR count). The molecule has 0 aliphatic heterocycles. The molecule has 104 valence electrons. The summed E-state index contributed by atoms with van der Waals surface area (Å²) < 4.78 is 0. The zero-order chi connectivity index (χ0) is 14.6. The number of nitrogens with one attached hydrogen (secondary N) is 1. The van der Waals surface area contributed by atoms with E-state index in [1.54, 1.807) is 19.1 Å². The van der Waals surface area contributed by atoms with Gasteiger partial charge in [-0.15, -0.1) is 0 Å². The lowest BCUT2D eigenvalue weighted by Gasteiger charge is -2.03. The first kappa shape index (κ1) is 21.5. The SMILES string of the molecule is CC#N.CCO.C\C=C/C(=C\C=C\N)NCCO. The molecule has 5 N–H and O–H groups in total. The molecule has 5 heteroatoms. The summed E-state index contributed by atoms with van der Waals surface area (Å²) in [4.78, 5) is 0. The maximum atomic E-state index is 8.55. The second-order valence-electron chi connectivity index (χ2n) is 2.70. The highest BCUT2D eigenvalue weighted by molar-refractivity contribution is 5.21. The van der Waals surface area contributed by atoms with Crippen LogP contribution in [-0.2, 0) is 0 Å². The van der Waals surface area contributed by atoms with Crippen LogP contribution >= 0.6 is 0 Å². The molecule has 0 amide bonds. The van der Waals surface area contributed by atoms with Crippen molar-refractivity contribution in [2.45, 2.75) is 20.8 Å². The van der Waals surface area contributed by atoms with Gasteiger partial charge in [0.25, 0.3) is 0 Å². The van der Waals surface area contributed by atoms with Crippen LogP contribution in [0, 0.1) is 11.3 Å². The Kier molecular flexibility index (Phi) is 29.2. The summed E-state index contributed by atoms with van der Waals surface area (Å²) in [5.41, 5.74) is 6.11. The first-order valence-electron chi connectivity index (χ1n) is 5.65. The number of nitrogens with zero attached hydrogens (tertiary/aromatic N) is 1. The Bertz CT molecular complexity index is 266. The maximum absolute atomic E-state index is 8.55. The van der Waals surface area contributed by atoms with Gasteiger partial charge in [-0.1, -0.05) is 6.08 Å².